The van der Waals surface area contributed by atoms with Crippen molar-refractivity contribution >= 4 is 23.4 Å². The number of halogens is 1. The number of likely N-dealkylation sites (tertiary alicyclic amines) is 1. The van der Waals surface area contributed by atoms with E-state index in [1.165, 1.54) is 6.07 Å². The molecular weight excluding hydrogens is 441 g/mol. The quantitative estimate of drug-likeness (QED) is 0.529. The molecule has 0 atom stereocenters. The summed E-state index contributed by atoms with van der Waals surface area (Å²) in [5, 5.41) is 4.28. The van der Waals surface area contributed by atoms with E-state index in [9.17, 15) is 9.18 Å². The molecule has 0 bridgehead atoms. The second-order valence-corrected chi connectivity index (χ2v) is 9.38. The molecule has 1 saturated carbocycles. The van der Waals surface area contributed by atoms with Crippen LogP contribution in [0.15, 0.2) is 36.5 Å². The summed E-state index contributed by atoms with van der Waals surface area (Å²) in [7, 11) is 0. The molecule has 9 heteroatoms. The third-order valence-electron chi connectivity index (χ3n) is 5.94. The zero-order valence-electron chi connectivity index (χ0n) is 18.5. The van der Waals surface area contributed by atoms with Crippen molar-refractivity contribution in [1.82, 2.24) is 19.9 Å². The van der Waals surface area contributed by atoms with E-state index in [4.69, 9.17) is 14.7 Å². The van der Waals surface area contributed by atoms with Gasteiger partial charge in [-0.15, -0.1) is 11.3 Å². The van der Waals surface area contributed by atoms with E-state index in [1.807, 2.05) is 19.1 Å². The Balaban J connectivity index is 1.46. The number of hydrogen-bond donors (Lipinski definition) is 1. The molecule has 2 aliphatic rings. The lowest BCUT2D eigenvalue weighted by atomic mass is 9.98. The number of anilines is 1. The number of aromatic nitrogens is 3. The van der Waals surface area contributed by atoms with Crippen LogP contribution in [-0.4, -0.2) is 51.7 Å². The minimum atomic E-state index is -0.307. The van der Waals surface area contributed by atoms with Gasteiger partial charge in [0.15, 0.2) is 0 Å². The van der Waals surface area contributed by atoms with E-state index in [-0.39, 0.29) is 17.8 Å². The first-order chi connectivity index (χ1) is 16.1. The average molecular weight is 468 g/mol. The van der Waals surface area contributed by atoms with Crippen LogP contribution in [0.2, 0.25) is 0 Å². The molecule has 33 heavy (non-hydrogen) atoms. The van der Waals surface area contributed by atoms with E-state index < -0.39 is 0 Å². The fourth-order valence-electron chi connectivity index (χ4n) is 4.01. The van der Waals surface area contributed by atoms with E-state index in [0.29, 0.717) is 42.9 Å². The average Bonchev–Trinajstić information content (AvgIpc) is 3.54. The fourth-order valence-corrected chi connectivity index (χ4v) is 5.23. The molecule has 1 amide bonds. The van der Waals surface area contributed by atoms with Crippen LogP contribution in [0, 0.1) is 5.82 Å². The van der Waals surface area contributed by atoms with E-state index in [0.717, 1.165) is 41.3 Å². The SMILES string of the molecule is CCOC(=O)N1CCC(c2nc(-c3ccccc3F)c(-c3ccnc(NC4CC4)n3)s2)CC1. The number of ether oxygens (including phenoxy) is 1. The zero-order valence-corrected chi connectivity index (χ0v) is 19.3. The van der Waals surface area contributed by atoms with E-state index >= 15 is 0 Å². The second-order valence-electron chi connectivity index (χ2n) is 8.35. The number of thiazole rings is 1. The smallest absolute Gasteiger partial charge is 0.409 e. The molecule has 0 unspecified atom stereocenters. The van der Waals surface area contributed by atoms with Crippen molar-refractivity contribution in [3.63, 3.8) is 0 Å². The van der Waals surface area contributed by atoms with Gasteiger partial charge in [0.25, 0.3) is 0 Å². The molecule has 0 spiro atoms. The number of nitrogens with zero attached hydrogens (tertiary/aromatic N) is 4. The highest BCUT2D eigenvalue weighted by Gasteiger charge is 2.29. The van der Waals surface area contributed by atoms with Crippen molar-refractivity contribution in [2.24, 2.45) is 0 Å². The normalized spacial score (nSPS) is 16.6. The lowest BCUT2D eigenvalue weighted by Crippen LogP contribution is -2.38. The lowest BCUT2D eigenvalue weighted by Gasteiger charge is -2.30. The number of benzene rings is 1. The Bertz CT molecular complexity index is 1140. The summed E-state index contributed by atoms with van der Waals surface area (Å²) in [5.41, 5.74) is 1.81. The van der Waals surface area contributed by atoms with Crippen LogP contribution in [-0.2, 0) is 4.74 Å². The van der Waals surface area contributed by atoms with E-state index in [1.54, 1.807) is 34.6 Å². The molecule has 7 nitrogen and oxygen atoms in total. The zero-order chi connectivity index (χ0) is 22.8. The van der Waals surface area contributed by atoms with E-state index in [2.05, 4.69) is 10.3 Å². The second kappa shape index (κ2) is 9.43. The monoisotopic (exact) mass is 467 g/mol. The van der Waals surface area contributed by atoms with Crippen molar-refractivity contribution in [3.8, 4) is 21.8 Å². The molecular formula is C24H26FN5O2S. The van der Waals surface area contributed by atoms with Gasteiger partial charge in [0.2, 0.25) is 5.95 Å². The molecule has 172 valence electrons. The highest BCUT2D eigenvalue weighted by Crippen LogP contribution is 2.42. The van der Waals surface area contributed by atoms with Gasteiger partial charge in [-0.05, 0) is 50.8 Å². The largest absolute Gasteiger partial charge is 0.450 e. The van der Waals surface area contributed by atoms with Crippen LogP contribution < -0.4 is 5.32 Å². The highest BCUT2D eigenvalue weighted by molar-refractivity contribution is 7.15. The summed E-state index contributed by atoms with van der Waals surface area (Å²) >= 11 is 1.56. The van der Waals surface area contributed by atoms with Gasteiger partial charge in [-0.1, -0.05) is 12.1 Å². The molecule has 2 fully saturated rings. The third kappa shape index (κ3) is 4.83. The lowest BCUT2D eigenvalue weighted by molar-refractivity contribution is 0.0970. The minimum Gasteiger partial charge on any atom is -0.450 e. The highest BCUT2D eigenvalue weighted by atomic mass is 32.1. The van der Waals surface area contributed by atoms with Gasteiger partial charge in [-0.25, -0.2) is 24.1 Å². The summed E-state index contributed by atoms with van der Waals surface area (Å²) in [6, 6.07) is 9.00. The maximum Gasteiger partial charge on any atom is 0.409 e. The van der Waals surface area contributed by atoms with Crippen LogP contribution >= 0.6 is 11.3 Å². The summed E-state index contributed by atoms with van der Waals surface area (Å²) < 4.78 is 19.9. The van der Waals surface area contributed by atoms with Gasteiger partial charge in [0.05, 0.1) is 27.9 Å². The van der Waals surface area contributed by atoms with Crippen molar-refractivity contribution in [3.05, 3.63) is 47.4 Å². The molecule has 5 rings (SSSR count). The number of rotatable bonds is 6. The number of nitrogens with one attached hydrogen (secondary N) is 1. The van der Waals surface area contributed by atoms with Crippen molar-refractivity contribution in [2.45, 2.75) is 44.6 Å². The molecule has 1 aromatic carbocycles. The molecule has 3 aromatic rings. The number of amides is 1. The van der Waals surface area contributed by atoms with Crippen molar-refractivity contribution in [1.29, 1.82) is 0 Å². The molecule has 1 aliphatic heterocycles. The number of hydrogen-bond acceptors (Lipinski definition) is 7. The minimum absolute atomic E-state index is 0.200. The summed E-state index contributed by atoms with van der Waals surface area (Å²) in [4.78, 5) is 28.6. The Morgan fingerprint density at radius 1 is 1.18 bits per heavy atom. The van der Waals surface area contributed by atoms with Crippen LogP contribution in [0.5, 0.6) is 0 Å². The number of carbonyl (C=O) groups is 1. The van der Waals surface area contributed by atoms with Crippen molar-refractivity contribution in [2.75, 3.05) is 25.0 Å². The summed E-state index contributed by atoms with van der Waals surface area (Å²) in [6.45, 7) is 3.43. The first kappa shape index (κ1) is 21.8. The Kier molecular flexibility index (Phi) is 6.22. The summed E-state index contributed by atoms with van der Waals surface area (Å²) in [5.74, 6) is 0.483. The van der Waals surface area contributed by atoms with Gasteiger partial charge in [0.1, 0.15) is 5.82 Å². The fraction of sp³-hybridized carbons (Fsp3) is 0.417. The van der Waals surface area contributed by atoms with Crippen LogP contribution in [0.25, 0.3) is 21.8 Å². The molecule has 1 saturated heterocycles. The Morgan fingerprint density at radius 3 is 2.70 bits per heavy atom. The maximum absolute atomic E-state index is 14.8. The number of piperidine rings is 1. The topological polar surface area (TPSA) is 80.2 Å². The first-order valence-electron chi connectivity index (χ1n) is 11.4. The van der Waals surface area contributed by atoms with Crippen LogP contribution in [0.1, 0.15) is 43.5 Å². The molecule has 2 aromatic heterocycles. The Morgan fingerprint density at radius 2 is 1.97 bits per heavy atom. The molecule has 1 aliphatic carbocycles. The van der Waals surface area contributed by atoms with Gasteiger partial charge in [-0.2, -0.15) is 0 Å². The van der Waals surface area contributed by atoms with Crippen LogP contribution in [0.3, 0.4) is 0 Å². The standard InChI is InChI=1S/C24H26FN5O2S/c1-2-32-24(31)30-13-10-15(11-14-30)22-29-20(17-5-3-4-6-18(17)25)21(33-22)19-9-12-26-23(28-19)27-16-7-8-16/h3-6,9,12,15-16H,2,7-8,10-11,13-14H2,1H3,(H,26,27,28). The third-order valence-corrected chi connectivity index (χ3v) is 7.18. The van der Waals surface area contributed by atoms with Gasteiger partial charge in [0, 0.05) is 36.8 Å². The van der Waals surface area contributed by atoms with Crippen LogP contribution in [0.4, 0.5) is 15.1 Å². The number of carbonyl (C=O) groups excluding carboxylic acids is 1. The molecule has 1 N–H and O–H groups in total. The Labute approximate surface area is 196 Å². The van der Waals surface area contributed by atoms with Gasteiger partial charge in [-0.3, -0.25) is 0 Å². The molecule has 0 radical (unpaired) electrons. The predicted molar refractivity (Wildman–Crippen MR) is 126 cm³/mol. The first-order valence-corrected chi connectivity index (χ1v) is 12.2. The molecule has 3 heterocycles. The van der Waals surface area contributed by atoms with Gasteiger partial charge < -0.3 is 15.0 Å². The summed E-state index contributed by atoms with van der Waals surface area (Å²) in [6.07, 6.45) is 5.31. The maximum atomic E-state index is 14.8. The van der Waals surface area contributed by atoms with Gasteiger partial charge >= 0.3 is 6.09 Å². The Hall–Kier alpha value is -3.07. The van der Waals surface area contributed by atoms with Crippen molar-refractivity contribution < 1.29 is 13.9 Å². The predicted octanol–water partition coefficient (Wildman–Crippen LogP) is 5.32.